The summed E-state index contributed by atoms with van der Waals surface area (Å²) in [7, 11) is -0.487. The van der Waals surface area contributed by atoms with Crippen molar-refractivity contribution in [2.45, 2.75) is 58.8 Å². The van der Waals surface area contributed by atoms with Crippen LogP contribution in [0.3, 0.4) is 0 Å². The van der Waals surface area contributed by atoms with E-state index in [9.17, 15) is 4.79 Å². The van der Waals surface area contributed by atoms with E-state index in [2.05, 4.69) is 12.1 Å². The number of carbonyl (C=O) groups excluding carboxylic acids is 1. The van der Waals surface area contributed by atoms with Gasteiger partial charge in [0.2, 0.25) is 0 Å². The molecule has 5 nitrogen and oxygen atoms in total. The molecule has 4 rings (SSSR count). The number of carbonyl (C=O) groups is 1. The van der Waals surface area contributed by atoms with Gasteiger partial charge in [0.1, 0.15) is 12.4 Å². The second-order valence-corrected chi connectivity index (χ2v) is 10.9. The number of halogens is 1. The first-order valence-electron chi connectivity index (χ1n) is 11.0. The normalized spacial score (nSPS) is 16.8. The van der Waals surface area contributed by atoms with Gasteiger partial charge in [-0.05, 0) is 67.9 Å². The van der Waals surface area contributed by atoms with E-state index in [1.54, 1.807) is 0 Å². The summed E-state index contributed by atoms with van der Waals surface area (Å²) < 4.78 is 25.7. The average Bonchev–Trinajstić information content (AvgIpc) is 3.20. The van der Waals surface area contributed by atoms with E-state index in [4.69, 9.17) is 30.4 Å². The van der Waals surface area contributed by atoms with Crippen molar-refractivity contribution in [3.63, 3.8) is 0 Å². The van der Waals surface area contributed by atoms with E-state index in [-0.39, 0.29) is 5.97 Å². The number of hydrogen-bond acceptors (Lipinski definition) is 6. The molecule has 0 N–H and O–H groups in total. The molecule has 1 saturated heterocycles. The molecule has 33 heavy (non-hydrogen) atoms. The van der Waals surface area contributed by atoms with Gasteiger partial charge < -0.3 is 18.8 Å². The predicted molar refractivity (Wildman–Crippen MR) is 134 cm³/mol. The lowest BCUT2D eigenvalue weighted by atomic mass is 9.76. The molecule has 1 aliphatic heterocycles. The van der Waals surface area contributed by atoms with Crippen LogP contribution >= 0.6 is 22.9 Å². The van der Waals surface area contributed by atoms with Crippen LogP contribution in [0.5, 0.6) is 5.75 Å². The Morgan fingerprint density at radius 2 is 1.79 bits per heavy atom. The number of para-hydroxylation sites is 1. The number of esters is 1. The van der Waals surface area contributed by atoms with Crippen LogP contribution in [0, 0.1) is 0 Å². The van der Waals surface area contributed by atoms with Crippen molar-refractivity contribution < 1.29 is 23.6 Å². The van der Waals surface area contributed by atoms with Crippen molar-refractivity contribution in [1.29, 1.82) is 0 Å². The fourth-order valence-electron chi connectivity index (χ4n) is 3.76. The molecular weight excluding hydrogens is 459 g/mol. The van der Waals surface area contributed by atoms with Crippen LogP contribution in [0.15, 0.2) is 42.5 Å². The van der Waals surface area contributed by atoms with Gasteiger partial charge in [0, 0.05) is 18.0 Å². The third-order valence-electron chi connectivity index (χ3n) is 6.25. The van der Waals surface area contributed by atoms with Crippen LogP contribution in [0.1, 0.15) is 45.7 Å². The van der Waals surface area contributed by atoms with Crippen LogP contribution < -0.4 is 10.2 Å². The number of thiophene rings is 1. The monoisotopic (exact) mass is 486 g/mol. The van der Waals surface area contributed by atoms with Gasteiger partial charge in [-0.3, -0.25) is 4.79 Å². The molecule has 0 saturated carbocycles. The molecule has 3 aromatic rings. The topological polar surface area (TPSA) is 54.0 Å². The Hall–Kier alpha value is -2.06. The maximum absolute atomic E-state index is 11.1. The summed E-state index contributed by atoms with van der Waals surface area (Å²) >= 11 is 7.89. The molecule has 0 aliphatic carbocycles. The van der Waals surface area contributed by atoms with Gasteiger partial charge in [0.05, 0.1) is 22.1 Å². The first kappa shape index (κ1) is 24.1. The highest BCUT2D eigenvalue weighted by Crippen LogP contribution is 2.38. The van der Waals surface area contributed by atoms with Crippen LogP contribution in [-0.2, 0) is 31.9 Å². The lowest BCUT2D eigenvalue weighted by Crippen LogP contribution is -2.41. The van der Waals surface area contributed by atoms with Crippen LogP contribution in [0.2, 0.25) is 4.34 Å². The van der Waals surface area contributed by atoms with Crippen molar-refractivity contribution in [3.8, 4) is 5.75 Å². The quantitative estimate of drug-likeness (QED) is 0.324. The lowest BCUT2D eigenvalue weighted by Gasteiger charge is -2.32. The van der Waals surface area contributed by atoms with Gasteiger partial charge in [-0.25, -0.2) is 0 Å². The van der Waals surface area contributed by atoms with E-state index < -0.39 is 18.3 Å². The molecule has 1 aromatic heterocycles. The van der Waals surface area contributed by atoms with Gasteiger partial charge >= 0.3 is 13.1 Å². The Kier molecular flexibility index (Phi) is 6.79. The van der Waals surface area contributed by atoms with Gasteiger partial charge in [-0.1, -0.05) is 35.9 Å². The van der Waals surface area contributed by atoms with E-state index in [1.165, 1.54) is 18.3 Å². The highest BCUT2D eigenvalue weighted by molar-refractivity contribution is 7.22. The Morgan fingerprint density at radius 3 is 2.48 bits per heavy atom. The van der Waals surface area contributed by atoms with Crippen molar-refractivity contribution in [3.05, 3.63) is 57.9 Å². The lowest BCUT2D eigenvalue weighted by molar-refractivity contribution is -0.140. The minimum atomic E-state index is -0.487. The molecule has 0 radical (unpaired) electrons. The highest BCUT2D eigenvalue weighted by Gasteiger charge is 2.52. The Morgan fingerprint density at radius 1 is 1.09 bits per heavy atom. The summed E-state index contributed by atoms with van der Waals surface area (Å²) in [6, 6.07) is 13.9. The number of fused-ring (bicyclic) bond motifs is 1. The predicted octanol–water partition coefficient (Wildman–Crippen LogP) is 5.54. The molecule has 1 fully saturated rings. The molecule has 0 unspecified atom stereocenters. The molecule has 1 aliphatic rings. The van der Waals surface area contributed by atoms with Crippen molar-refractivity contribution in [2.24, 2.45) is 0 Å². The van der Waals surface area contributed by atoms with Crippen LogP contribution in [-0.4, -0.2) is 30.9 Å². The Balaban J connectivity index is 1.58. The fourth-order valence-corrected chi connectivity index (χ4v) is 5.00. The zero-order chi connectivity index (χ0) is 23.8. The first-order chi connectivity index (χ1) is 15.6. The summed E-state index contributed by atoms with van der Waals surface area (Å²) in [5.74, 6) is 0.484. The number of benzene rings is 2. The van der Waals surface area contributed by atoms with E-state index >= 15 is 0 Å². The summed E-state index contributed by atoms with van der Waals surface area (Å²) in [5, 5.41) is 1.04. The second-order valence-electron chi connectivity index (χ2n) is 9.22. The molecule has 0 amide bonds. The fraction of sp³-hybridized carbons (Fsp3) is 0.400. The summed E-state index contributed by atoms with van der Waals surface area (Å²) in [5.41, 5.74) is 2.08. The minimum Gasteiger partial charge on any atom is -0.489 e. The third-order valence-corrected chi connectivity index (χ3v) is 7.46. The molecule has 2 heterocycles. The van der Waals surface area contributed by atoms with Gasteiger partial charge in [-0.2, -0.15) is 0 Å². The maximum Gasteiger partial charge on any atom is 0.495 e. The summed E-state index contributed by atoms with van der Waals surface area (Å²) in [6.07, 6.45) is 0.592. The number of ether oxygens (including phenoxy) is 2. The minimum absolute atomic E-state index is 0.286. The molecule has 0 atom stereocenters. The average molecular weight is 487 g/mol. The van der Waals surface area contributed by atoms with Crippen LogP contribution in [0.25, 0.3) is 10.1 Å². The first-order valence-corrected chi connectivity index (χ1v) is 12.2. The SMILES string of the molecule is CC(=O)OCCc1ccccc1OCc1cc(B2OC(C)(C)C(C)(C)O2)c2cc(Cl)sc2c1. The van der Waals surface area contributed by atoms with Gasteiger partial charge in [-0.15, -0.1) is 11.3 Å². The highest BCUT2D eigenvalue weighted by atomic mass is 35.5. The zero-order valence-electron chi connectivity index (χ0n) is 19.6. The van der Waals surface area contributed by atoms with Crippen molar-refractivity contribution >= 4 is 51.6 Å². The summed E-state index contributed by atoms with van der Waals surface area (Å²) in [6.45, 7) is 10.3. The Labute approximate surface area is 204 Å². The Bertz CT molecular complexity index is 1160. The van der Waals surface area contributed by atoms with E-state index in [0.717, 1.165) is 36.8 Å². The van der Waals surface area contributed by atoms with Crippen molar-refractivity contribution in [2.75, 3.05) is 6.61 Å². The maximum atomic E-state index is 11.1. The second kappa shape index (κ2) is 9.30. The van der Waals surface area contributed by atoms with E-state index in [0.29, 0.717) is 19.6 Å². The zero-order valence-corrected chi connectivity index (χ0v) is 21.1. The molecule has 0 bridgehead atoms. The smallest absolute Gasteiger partial charge is 0.489 e. The number of rotatable bonds is 7. The molecule has 8 heteroatoms. The molecule has 2 aromatic carbocycles. The number of hydrogen-bond donors (Lipinski definition) is 0. The molecular formula is C25H28BClO5S. The van der Waals surface area contributed by atoms with Crippen LogP contribution in [0.4, 0.5) is 0 Å². The molecule has 174 valence electrons. The van der Waals surface area contributed by atoms with E-state index in [1.807, 2.05) is 58.0 Å². The molecule has 0 spiro atoms. The summed E-state index contributed by atoms with van der Waals surface area (Å²) in [4.78, 5) is 11.1. The van der Waals surface area contributed by atoms with Gasteiger partial charge in [0.25, 0.3) is 0 Å². The standard InChI is InChI=1S/C25H28BClO5S/c1-16(28)29-11-10-18-8-6-7-9-21(18)30-15-17-12-20(19-14-23(27)33-22(19)13-17)26-31-24(2,3)25(4,5)32-26/h6-9,12-14H,10-11,15H2,1-5H3. The van der Waals surface area contributed by atoms with Gasteiger partial charge in [0.15, 0.2) is 0 Å². The van der Waals surface area contributed by atoms with Crippen molar-refractivity contribution in [1.82, 2.24) is 0 Å². The third kappa shape index (κ3) is 5.22. The largest absolute Gasteiger partial charge is 0.495 e.